The van der Waals surface area contributed by atoms with Crippen molar-refractivity contribution in [3.63, 3.8) is 0 Å². The van der Waals surface area contributed by atoms with E-state index in [2.05, 4.69) is 22.3 Å². The molecule has 2 atom stereocenters. The van der Waals surface area contributed by atoms with Crippen LogP contribution in [0.4, 0.5) is 18.9 Å². The van der Waals surface area contributed by atoms with Crippen LogP contribution in [0.25, 0.3) is 0 Å². The molecule has 13 heteroatoms. The number of hydrogen-bond acceptors (Lipinski definition) is 7. The van der Waals surface area contributed by atoms with Crippen molar-refractivity contribution in [3.8, 4) is 5.75 Å². The Labute approximate surface area is 228 Å². The van der Waals surface area contributed by atoms with Gasteiger partial charge < -0.3 is 30.6 Å². The van der Waals surface area contributed by atoms with Gasteiger partial charge in [-0.05, 0) is 55.3 Å². The smallest absolute Gasteiger partial charge is 0.490 e. The second-order valence-electron chi connectivity index (χ2n) is 9.61. The van der Waals surface area contributed by atoms with Gasteiger partial charge in [0, 0.05) is 42.5 Å². The van der Waals surface area contributed by atoms with Crippen LogP contribution in [0.5, 0.6) is 5.75 Å². The molecule has 2 aromatic rings. The van der Waals surface area contributed by atoms with Crippen molar-refractivity contribution < 1.29 is 43.2 Å². The molecule has 2 aliphatic heterocycles. The fourth-order valence-corrected chi connectivity index (χ4v) is 4.84. The summed E-state index contributed by atoms with van der Waals surface area (Å²) in [5.41, 5.74) is 2.57. The second kappa shape index (κ2) is 13.3. The van der Waals surface area contributed by atoms with Crippen LogP contribution < -0.4 is 10.2 Å². The van der Waals surface area contributed by atoms with E-state index in [0.717, 1.165) is 37.5 Å². The largest absolute Gasteiger partial charge is 0.508 e. The summed E-state index contributed by atoms with van der Waals surface area (Å²) in [5.74, 6) is -3.59. The number of carboxylic acids is 2. The Hall–Kier alpha value is -3.06. The summed E-state index contributed by atoms with van der Waals surface area (Å²) in [6, 6.07) is 12.9. The van der Waals surface area contributed by atoms with Crippen molar-refractivity contribution in [3.05, 3.63) is 58.6 Å². The number of nitrogens with one attached hydrogen (secondary N) is 1. The molecule has 2 saturated heterocycles. The van der Waals surface area contributed by atoms with Crippen molar-refractivity contribution in [2.45, 2.75) is 50.2 Å². The molecule has 0 amide bonds. The lowest BCUT2D eigenvalue weighted by Gasteiger charge is -2.34. The van der Waals surface area contributed by atoms with Crippen LogP contribution in [0.1, 0.15) is 24.0 Å². The highest BCUT2D eigenvalue weighted by Crippen LogP contribution is 2.30. The zero-order valence-corrected chi connectivity index (χ0v) is 21.7. The Morgan fingerprint density at radius 3 is 2.21 bits per heavy atom. The summed E-state index contributed by atoms with van der Waals surface area (Å²) < 4.78 is 31.7. The lowest BCUT2D eigenvalue weighted by molar-refractivity contribution is -0.192. The first kappa shape index (κ1) is 30.5. The number of aliphatic hydroxyl groups excluding tert-OH is 1. The van der Waals surface area contributed by atoms with E-state index in [-0.39, 0.29) is 18.2 Å². The van der Waals surface area contributed by atoms with Crippen LogP contribution in [-0.4, -0.2) is 87.8 Å². The first-order chi connectivity index (χ1) is 18.3. The Morgan fingerprint density at radius 1 is 1.03 bits per heavy atom. The average molecular weight is 574 g/mol. The number of carbonyl (C=O) groups is 2. The number of hydrogen-bond donors (Lipinski definition) is 5. The maximum Gasteiger partial charge on any atom is 0.490 e. The summed E-state index contributed by atoms with van der Waals surface area (Å²) in [7, 11) is 0. The van der Waals surface area contributed by atoms with E-state index in [1.807, 2.05) is 17.0 Å². The van der Waals surface area contributed by atoms with Gasteiger partial charge in [-0.1, -0.05) is 29.8 Å². The Kier molecular flexibility index (Phi) is 10.4. The molecule has 2 fully saturated rings. The fourth-order valence-electron chi connectivity index (χ4n) is 4.71. The molecule has 9 nitrogen and oxygen atoms in total. The molecule has 0 aromatic heterocycles. The summed E-state index contributed by atoms with van der Waals surface area (Å²) in [4.78, 5) is 24.5. The van der Waals surface area contributed by atoms with Gasteiger partial charge in [0.2, 0.25) is 0 Å². The molecule has 0 aliphatic carbocycles. The third-order valence-electron chi connectivity index (χ3n) is 6.64. The monoisotopic (exact) mass is 573 g/mol. The highest BCUT2D eigenvalue weighted by molar-refractivity contribution is 6.30. The topological polar surface area (TPSA) is 134 Å². The van der Waals surface area contributed by atoms with Crippen molar-refractivity contribution in [2.24, 2.45) is 0 Å². The third-order valence-corrected chi connectivity index (χ3v) is 6.89. The number of aliphatic carboxylic acids is 2. The van der Waals surface area contributed by atoms with Gasteiger partial charge in [0.1, 0.15) is 5.75 Å². The molecule has 39 heavy (non-hydrogen) atoms. The van der Waals surface area contributed by atoms with Gasteiger partial charge in [-0.15, -0.1) is 0 Å². The number of phenols is 1. The second-order valence-corrected chi connectivity index (χ2v) is 10.0. The Balaban J connectivity index is 0.000000532. The Morgan fingerprint density at radius 2 is 1.64 bits per heavy atom. The lowest BCUT2D eigenvalue weighted by Crippen LogP contribution is -2.49. The van der Waals surface area contributed by atoms with Crippen LogP contribution in [0, 0.1) is 0 Å². The normalized spacial score (nSPS) is 20.4. The van der Waals surface area contributed by atoms with Crippen molar-refractivity contribution in [1.82, 2.24) is 10.2 Å². The zero-order chi connectivity index (χ0) is 28.7. The summed E-state index contributed by atoms with van der Waals surface area (Å²) >= 11 is 5.97. The van der Waals surface area contributed by atoms with Crippen LogP contribution in [0.3, 0.4) is 0 Å². The highest BCUT2D eigenvalue weighted by Gasteiger charge is 2.38. The van der Waals surface area contributed by atoms with E-state index in [4.69, 9.17) is 21.5 Å². The summed E-state index contributed by atoms with van der Waals surface area (Å²) in [6.45, 7) is 3.86. The van der Waals surface area contributed by atoms with Gasteiger partial charge in [-0.3, -0.25) is 9.69 Å². The molecular formula is C26H31ClF3N3O6. The molecular weight excluding hydrogens is 543 g/mol. The van der Waals surface area contributed by atoms with Crippen LogP contribution in [0.15, 0.2) is 42.5 Å². The van der Waals surface area contributed by atoms with Gasteiger partial charge in [0.15, 0.2) is 0 Å². The van der Waals surface area contributed by atoms with E-state index in [0.29, 0.717) is 30.4 Å². The van der Waals surface area contributed by atoms with Gasteiger partial charge >= 0.3 is 18.1 Å². The van der Waals surface area contributed by atoms with Gasteiger partial charge in [-0.25, -0.2) is 4.79 Å². The molecule has 0 bridgehead atoms. The summed E-state index contributed by atoms with van der Waals surface area (Å²) in [6.07, 6.45) is -3.74. The molecule has 2 aliphatic rings. The minimum absolute atomic E-state index is 0.0908. The van der Waals surface area contributed by atoms with Crippen LogP contribution in [-0.2, 0) is 22.6 Å². The molecule has 2 heterocycles. The number of alkyl halides is 3. The lowest BCUT2D eigenvalue weighted by atomic mass is 10.0. The number of piperidine rings is 1. The predicted molar refractivity (Wildman–Crippen MR) is 138 cm³/mol. The van der Waals surface area contributed by atoms with Crippen molar-refractivity contribution >= 4 is 29.2 Å². The number of aliphatic hydroxyl groups is 1. The van der Waals surface area contributed by atoms with E-state index < -0.39 is 24.2 Å². The Bertz CT molecular complexity index is 1130. The number of likely N-dealkylation sites (tertiary alicyclic amines) is 1. The number of nitrogens with zero attached hydrogens (tertiary/aromatic N) is 2. The maximum absolute atomic E-state index is 11.2. The number of phenolic OH excluding ortho intramolecular Hbond substituents is 1. The molecule has 0 spiro atoms. The van der Waals surface area contributed by atoms with E-state index in [1.165, 1.54) is 11.6 Å². The minimum Gasteiger partial charge on any atom is -0.508 e. The number of anilines is 1. The number of benzene rings is 2. The third kappa shape index (κ3) is 9.27. The van der Waals surface area contributed by atoms with Gasteiger partial charge in [0.05, 0.1) is 18.6 Å². The van der Waals surface area contributed by atoms with Gasteiger partial charge in [-0.2, -0.15) is 13.2 Å². The zero-order valence-electron chi connectivity index (χ0n) is 20.9. The first-order valence-corrected chi connectivity index (χ1v) is 12.7. The number of carboxylic acid groups (broad SMARTS) is 2. The number of aromatic hydroxyl groups is 1. The first-order valence-electron chi connectivity index (χ1n) is 12.3. The van der Waals surface area contributed by atoms with E-state index in [1.54, 1.807) is 12.1 Å². The van der Waals surface area contributed by atoms with Crippen LogP contribution >= 0.6 is 11.6 Å². The van der Waals surface area contributed by atoms with Crippen LogP contribution in [0.2, 0.25) is 5.02 Å². The number of rotatable bonds is 7. The molecule has 5 N–H and O–H groups in total. The molecule has 4 rings (SSSR count). The molecule has 214 valence electrons. The molecule has 2 aromatic carbocycles. The van der Waals surface area contributed by atoms with Crippen molar-refractivity contribution in [1.29, 1.82) is 0 Å². The van der Waals surface area contributed by atoms with E-state index >= 15 is 0 Å². The molecule has 0 radical (unpaired) electrons. The maximum atomic E-state index is 11.2. The minimum atomic E-state index is -5.08. The quantitative estimate of drug-likeness (QED) is 0.339. The van der Waals surface area contributed by atoms with Crippen molar-refractivity contribution in [2.75, 3.05) is 31.1 Å². The highest BCUT2D eigenvalue weighted by atomic mass is 35.5. The number of β-amino-alcohol motifs (C(OH)–C–C–N with tert-alkyl or cyclic N) is 1. The number of halogens is 4. The predicted octanol–water partition coefficient (Wildman–Crippen LogP) is 3.11. The fraction of sp³-hybridized carbons (Fsp3) is 0.462. The average Bonchev–Trinajstić information content (AvgIpc) is 3.22. The molecule has 0 saturated carbocycles. The standard InChI is InChI=1S/C24H30ClN3O4.C2HF3O2/c25-18-4-1-16(2-5-18)13-27-9-7-19(8-10-27)26-21-14-28(15-23(21)30)22-12-20(29)6-3-17(22)11-24(31)32;3-2(4,5)1(6)7/h1-6,12,19,21,23,26,29-30H,7-11,13-15H2,(H,31,32);(H,6,7)/t21?,23-;/m1./s1. The summed E-state index contributed by atoms with van der Waals surface area (Å²) in [5, 5.41) is 41.3. The van der Waals surface area contributed by atoms with E-state index in [9.17, 15) is 33.3 Å². The molecule has 1 unspecified atom stereocenters. The SMILES string of the molecule is O=C(O)C(F)(F)F.O=C(O)Cc1ccc(O)cc1N1CC(NC2CCN(Cc3ccc(Cl)cc3)CC2)[C@H](O)C1. The van der Waals surface area contributed by atoms with Gasteiger partial charge in [0.25, 0.3) is 0 Å².